The number of aldehydes is 1. The molecule has 0 fully saturated rings. The van der Waals surface area contributed by atoms with Gasteiger partial charge in [0.15, 0.2) is 29.6 Å². The van der Waals surface area contributed by atoms with Gasteiger partial charge in [-0.25, -0.2) is 17.6 Å². The Balaban J connectivity index is 3.66. The first kappa shape index (κ1) is 10.4. The van der Waals surface area contributed by atoms with Crippen LogP contribution in [0.1, 0.15) is 10.4 Å². The van der Waals surface area contributed by atoms with Gasteiger partial charge in [-0.05, 0) is 22.6 Å². The van der Waals surface area contributed by atoms with E-state index in [1.165, 1.54) is 0 Å². The molecule has 6 heteroatoms. The average Bonchev–Trinajstić information content (AvgIpc) is 2.13. The summed E-state index contributed by atoms with van der Waals surface area (Å²) < 4.78 is 49.9. The van der Waals surface area contributed by atoms with Crippen LogP contribution in [0.3, 0.4) is 0 Å². The van der Waals surface area contributed by atoms with Crippen LogP contribution < -0.4 is 0 Å². The van der Waals surface area contributed by atoms with Gasteiger partial charge in [-0.2, -0.15) is 0 Å². The van der Waals surface area contributed by atoms with Crippen molar-refractivity contribution < 1.29 is 22.4 Å². The lowest BCUT2D eigenvalue weighted by atomic mass is 10.2. The number of benzene rings is 1. The summed E-state index contributed by atoms with van der Waals surface area (Å²) in [4.78, 5) is 10.0. The highest BCUT2D eigenvalue weighted by atomic mass is 127. The number of halogens is 5. The Morgan fingerprint density at radius 1 is 0.923 bits per heavy atom. The van der Waals surface area contributed by atoms with Gasteiger partial charge in [0.05, 0.1) is 9.13 Å². The monoisotopic (exact) mass is 304 g/mol. The van der Waals surface area contributed by atoms with E-state index in [4.69, 9.17) is 0 Å². The van der Waals surface area contributed by atoms with Crippen molar-refractivity contribution in [1.29, 1.82) is 0 Å². The third-order valence-corrected chi connectivity index (χ3v) is 2.31. The highest BCUT2D eigenvalue weighted by molar-refractivity contribution is 14.1. The van der Waals surface area contributed by atoms with E-state index in [2.05, 4.69) is 0 Å². The summed E-state index contributed by atoms with van der Waals surface area (Å²) in [5.74, 6) is -6.44. The number of hydrogen-bond acceptors (Lipinski definition) is 1. The molecule has 0 N–H and O–H groups in total. The number of hydrogen-bond donors (Lipinski definition) is 0. The Morgan fingerprint density at radius 3 is 1.62 bits per heavy atom. The van der Waals surface area contributed by atoms with Crippen LogP contribution in [0.15, 0.2) is 0 Å². The minimum atomic E-state index is -1.67. The van der Waals surface area contributed by atoms with E-state index in [9.17, 15) is 22.4 Å². The van der Waals surface area contributed by atoms with Crippen LogP contribution in [0.25, 0.3) is 0 Å². The fourth-order valence-electron chi connectivity index (χ4n) is 0.725. The molecule has 1 aromatic rings. The van der Waals surface area contributed by atoms with Crippen LogP contribution in [0.5, 0.6) is 0 Å². The first-order valence-electron chi connectivity index (χ1n) is 2.97. The average molecular weight is 304 g/mol. The first-order chi connectivity index (χ1) is 6.00. The summed E-state index contributed by atoms with van der Waals surface area (Å²) in [5.41, 5.74) is -1.23. The molecule has 0 unspecified atom stereocenters. The molecular formula is C7HF4IO. The third kappa shape index (κ3) is 1.54. The summed E-state index contributed by atoms with van der Waals surface area (Å²) in [6.45, 7) is 0. The predicted octanol–water partition coefficient (Wildman–Crippen LogP) is 2.66. The van der Waals surface area contributed by atoms with Crippen LogP contribution >= 0.6 is 22.6 Å². The van der Waals surface area contributed by atoms with Gasteiger partial charge in [0.25, 0.3) is 0 Å². The third-order valence-electron chi connectivity index (χ3n) is 1.36. The summed E-state index contributed by atoms with van der Waals surface area (Å²) in [6, 6.07) is 0. The molecule has 13 heavy (non-hydrogen) atoms. The Hall–Kier alpha value is -0.660. The van der Waals surface area contributed by atoms with Crippen LogP contribution in [0, 0.1) is 26.8 Å². The van der Waals surface area contributed by atoms with Gasteiger partial charge in [0.1, 0.15) is 0 Å². The molecule has 70 valence electrons. The van der Waals surface area contributed by atoms with Crippen LogP contribution in [0.4, 0.5) is 17.6 Å². The zero-order chi connectivity index (χ0) is 10.2. The van der Waals surface area contributed by atoms with Crippen molar-refractivity contribution in [1.82, 2.24) is 0 Å². The zero-order valence-corrected chi connectivity index (χ0v) is 8.03. The maximum Gasteiger partial charge on any atom is 0.176 e. The molecule has 0 amide bonds. The molecule has 0 spiro atoms. The van der Waals surface area contributed by atoms with E-state index >= 15 is 0 Å². The smallest absolute Gasteiger partial charge is 0.176 e. The van der Waals surface area contributed by atoms with Crippen molar-refractivity contribution in [2.45, 2.75) is 0 Å². The molecule has 0 aliphatic carbocycles. The van der Waals surface area contributed by atoms with Crippen LogP contribution in [0.2, 0.25) is 0 Å². The lowest BCUT2D eigenvalue weighted by molar-refractivity contribution is 0.111. The Labute approximate surface area is 83.9 Å². The molecule has 0 bridgehead atoms. The minimum absolute atomic E-state index is 0.271. The van der Waals surface area contributed by atoms with E-state index in [-0.39, 0.29) is 6.29 Å². The fraction of sp³-hybridized carbons (Fsp3) is 0. The molecule has 0 radical (unpaired) electrons. The van der Waals surface area contributed by atoms with Crippen molar-refractivity contribution >= 4 is 28.9 Å². The largest absolute Gasteiger partial charge is 0.298 e. The second-order valence-electron chi connectivity index (χ2n) is 2.10. The predicted molar refractivity (Wildman–Crippen MR) is 44.4 cm³/mol. The number of rotatable bonds is 1. The van der Waals surface area contributed by atoms with E-state index in [0.717, 1.165) is 22.6 Å². The lowest BCUT2D eigenvalue weighted by Crippen LogP contribution is -2.05. The van der Waals surface area contributed by atoms with E-state index < -0.39 is 32.4 Å². The summed E-state index contributed by atoms with van der Waals surface area (Å²) in [6.07, 6.45) is -0.271. The number of carbonyl (C=O) groups is 1. The van der Waals surface area contributed by atoms with Gasteiger partial charge in [0.2, 0.25) is 0 Å². The van der Waals surface area contributed by atoms with Gasteiger partial charge in [-0.15, -0.1) is 0 Å². The Kier molecular flexibility index (Phi) is 2.89. The van der Waals surface area contributed by atoms with Crippen LogP contribution in [-0.2, 0) is 0 Å². The second-order valence-corrected chi connectivity index (χ2v) is 3.18. The Morgan fingerprint density at radius 2 is 1.31 bits per heavy atom. The van der Waals surface area contributed by atoms with Crippen LogP contribution in [-0.4, -0.2) is 6.29 Å². The SMILES string of the molecule is O=Cc1c(F)c(F)c(I)c(F)c1F. The first-order valence-corrected chi connectivity index (χ1v) is 4.05. The molecule has 1 nitrogen and oxygen atoms in total. The van der Waals surface area contributed by atoms with Gasteiger partial charge in [-0.1, -0.05) is 0 Å². The highest BCUT2D eigenvalue weighted by Crippen LogP contribution is 2.23. The topological polar surface area (TPSA) is 17.1 Å². The van der Waals surface area contributed by atoms with Crippen molar-refractivity contribution in [2.75, 3.05) is 0 Å². The van der Waals surface area contributed by atoms with Gasteiger partial charge >= 0.3 is 0 Å². The maximum atomic E-state index is 12.7. The standard InChI is InChI=1S/C7HF4IO/c8-3-2(1-13)4(9)6(11)7(12)5(3)10/h1H. The quantitative estimate of drug-likeness (QED) is 0.256. The van der Waals surface area contributed by atoms with Gasteiger partial charge < -0.3 is 0 Å². The zero-order valence-electron chi connectivity index (χ0n) is 5.88. The fourth-order valence-corrected chi connectivity index (χ4v) is 1.20. The summed E-state index contributed by atoms with van der Waals surface area (Å²) >= 11 is 1.11. The van der Waals surface area contributed by atoms with Gasteiger partial charge in [-0.3, -0.25) is 4.79 Å². The lowest BCUT2D eigenvalue weighted by Gasteiger charge is -2.02. The maximum absolute atomic E-state index is 12.7. The number of carbonyl (C=O) groups excluding carboxylic acids is 1. The molecular weight excluding hydrogens is 303 g/mol. The molecule has 0 heterocycles. The minimum Gasteiger partial charge on any atom is -0.298 e. The molecule has 0 saturated heterocycles. The van der Waals surface area contributed by atoms with Gasteiger partial charge in [0, 0.05) is 0 Å². The highest BCUT2D eigenvalue weighted by Gasteiger charge is 2.23. The summed E-state index contributed by atoms with van der Waals surface area (Å²) in [5, 5.41) is 0. The van der Waals surface area contributed by atoms with Crippen molar-refractivity contribution in [3.05, 3.63) is 32.4 Å². The molecule has 0 aliphatic heterocycles. The molecule has 0 saturated carbocycles. The van der Waals surface area contributed by atoms with E-state index in [1.54, 1.807) is 0 Å². The molecule has 0 atom stereocenters. The summed E-state index contributed by atoms with van der Waals surface area (Å²) in [7, 11) is 0. The van der Waals surface area contributed by atoms with Crippen molar-refractivity contribution in [2.24, 2.45) is 0 Å². The van der Waals surface area contributed by atoms with E-state index in [1.807, 2.05) is 0 Å². The van der Waals surface area contributed by atoms with E-state index in [0.29, 0.717) is 0 Å². The van der Waals surface area contributed by atoms with Crippen molar-refractivity contribution in [3.8, 4) is 0 Å². The molecule has 1 rings (SSSR count). The second kappa shape index (κ2) is 3.60. The van der Waals surface area contributed by atoms with Crippen molar-refractivity contribution in [3.63, 3.8) is 0 Å². The molecule has 0 aliphatic rings. The Bertz CT molecular complexity index is 348. The normalized spacial score (nSPS) is 10.2. The molecule has 0 aromatic heterocycles. The molecule has 1 aromatic carbocycles.